The Morgan fingerprint density at radius 2 is 1.71 bits per heavy atom. The number of rotatable bonds is 11. The van der Waals surface area contributed by atoms with Crippen LogP contribution in [0.2, 0.25) is 0 Å². The van der Waals surface area contributed by atoms with E-state index in [1.165, 1.54) is 32.6 Å². The molecule has 1 heterocycles. The first-order chi connectivity index (χ1) is 11.5. The molecule has 3 unspecified atom stereocenters. The van der Waals surface area contributed by atoms with Crippen LogP contribution in [0.1, 0.15) is 58.8 Å². The molecule has 1 aliphatic rings. The maximum absolute atomic E-state index is 11.3. The van der Waals surface area contributed by atoms with Crippen LogP contribution in [0.25, 0.3) is 0 Å². The van der Waals surface area contributed by atoms with Crippen molar-refractivity contribution in [2.75, 3.05) is 13.2 Å². The number of nitrogens with one attached hydrogen (secondary N) is 1. The van der Waals surface area contributed by atoms with Crippen LogP contribution in [-0.4, -0.2) is 65.1 Å². The summed E-state index contributed by atoms with van der Waals surface area (Å²) in [6.45, 7) is 3.52. The van der Waals surface area contributed by atoms with Gasteiger partial charge < -0.3 is 30.1 Å². The summed E-state index contributed by atoms with van der Waals surface area (Å²) in [4.78, 5) is 11.3. The van der Waals surface area contributed by atoms with E-state index in [1.54, 1.807) is 0 Å². The maximum Gasteiger partial charge on any atom is 0.217 e. The molecule has 1 fully saturated rings. The first-order valence-corrected chi connectivity index (χ1v) is 9.02. The van der Waals surface area contributed by atoms with Gasteiger partial charge >= 0.3 is 0 Å². The predicted octanol–water partition coefficient (Wildman–Crippen LogP) is 0.697. The van der Waals surface area contributed by atoms with Crippen molar-refractivity contribution in [2.45, 2.75) is 89.4 Å². The zero-order valence-corrected chi connectivity index (χ0v) is 14.8. The zero-order chi connectivity index (χ0) is 17.9. The summed E-state index contributed by atoms with van der Waals surface area (Å²) in [5.41, 5.74) is 0. The molecule has 0 saturated carbocycles. The highest BCUT2D eigenvalue weighted by Crippen LogP contribution is 2.22. The molecule has 1 rings (SSSR count). The van der Waals surface area contributed by atoms with Crippen LogP contribution < -0.4 is 5.32 Å². The maximum atomic E-state index is 11.3. The molecule has 1 saturated heterocycles. The molecule has 1 aliphatic heterocycles. The molecule has 142 valence electrons. The number of ether oxygens (including phenoxy) is 2. The molecule has 0 aromatic heterocycles. The molecule has 0 radical (unpaired) electrons. The van der Waals surface area contributed by atoms with Crippen LogP contribution in [0.3, 0.4) is 0 Å². The smallest absolute Gasteiger partial charge is 0.217 e. The summed E-state index contributed by atoms with van der Waals surface area (Å²) in [5.74, 6) is -0.346. The van der Waals surface area contributed by atoms with Gasteiger partial charge in [-0.15, -0.1) is 0 Å². The van der Waals surface area contributed by atoms with E-state index in [0.717, 1.165) is 19.3 Å². The normalized spacial score (nSPS) is 30.3. The quantitative estimate of drug-likeness (QED) is 0.410. The van der Waals surface area contributed by atoms with Crippen LogP contribution in [0.5, 0.6) is 0 Å². The lowest BCUT2D eigenvalue weighted by Crippen LogP contribution is -2.64. The van der Waals surface area contributed by atoms with Gasteiger partial charge in [0, 0.05) is 13.5 Å². The van der Waals surface area contributed by atoms with Crippen molar-refractivity contribution in [1.29, 1.82) is 0 Å². The van der Waals surface area contributed by atoms with Gasteiger partial charge in [-0.05, 0) is 6.42 Å². The number of amides is 1. The summed E-state index contributed by atoms with van der Waals surface area (Å²) in [7, 11) is 0. The molecule has 4 N–H and O–H groups in total. The van der Waals surface area contributed by atoms with E-state index in [4.69, 9.17) is 9.47 Å². The van der Waals surface area contributed by atoms with Gasteiger partial charge in [0.2, 0.25) is 5.91 Å². The van der Waals surface area contributed by atoms with Gasteiger partial charge in [0.1, 0.15) is 24.4 Å². The van der Waals surface area contributed by atoms with E-state index in [2.05, 4.69) is 12.2 Å². The van der Waals surface area contributed by atoms with Crippen molar-refractivity contribution in [2.24, 2.45) is 0 Å². The van der Waals surface area contributed by atoms with E-state index in [0.29, 0.717) is 6.61 Å². The highest BCUT2D eigenvalue weighted by molar-refractivity contribution is 5.73. The second-order valence-corrected chi connectivity index (χ2v) is 6.43. The van der Waals surface area contributed by atoms with Crippen molar-refractivity contribution >= 4 is 5.91 Å². The lowest BCUT2D eigenvalue weighted by Gasteiger charge is -2.42. The minimum absolute atomic E-state index is 0.346. The molecule has 1 amide bonds. The number of carbonyl (C=O) groups excluding carboxylic acids is 1. The summed E-state index contributed by atoms with van der Waals surface area (Å²) in [6, 6.07) is -0.857. The Labute approximate surface area is 144 Å². The monoisotopic (exact) mass is 347 g/mol. The summed E-state index contributed by atoms with van der Waals surface area (Å²) in [5, 5.41) is 31.8. The summed E-state index contributed by atoms with van der Waals surface area (Å²) < 4.78 is 11.2. The Bertz CT molecular complexity index is 354. The second kappa shape index (κ2) is 11.8. The van der Waals surface area contributed by atoms with Gasteiger partial charge in [-0.3, -0.25) is 4.79 Å². The second-order valence-electron chi connectivity index (χ2n) is 6.43. The van der Waals surface area contributed by atoms with Crippen molar-refractivity contribution in [3.63, 3.8) is 0 Å². The minimum atomic E-state index is -1.27. The number of hydrogen-bond acceptors (Lipinski definition) is 6. The number of hydrogen-bond donors (Lipinski definition) is 4. The predicted molar refractivity (Wildman–Crippen MR) is 89.3 cm³/mol. The molecule has 0 aliphatic carbocycles. The van der Waals surface area contributed by atoms with Crippen LogP contribution in [0, 0.1) is 0 Å². The van der Waals surface area contributed by atoms with E-state index >= 15 is 0 Å². The molecule has 7 nitrogen and oxygen atoms in total. The first-order valence-electron chi connectivity index (χ1n) is 9.02. The molecular weight excluding hydrogens is 314 g/mol. The number of unbranched alkanes of at least 4 members (excludes halogenated alkanes) is 6. The van der Waals surface area contributed by atoms with Gasteiger partial charge in [0.05, 0.1) is 6.61 Å². The number of aliphatic hydroxyl groups is 3. The summed E-state index contributed by atoms with van der Waals surface area (Å²) in [6.07, 6.45) is 3.72. The average molecular weight is 347 g/mol. The lowest BCUT2D eigenvalue weighted by atomic mass is 9.97. The van der Waals surface area contributed by atoms with Gasteiger partial charge in [0.15, 0.2) is 6.29 Å². The van der Waals surface area contributed by atoms with Gasteiger partial charge in [0.25, 0.3) is 0 Å². The first kappa shape index (κ1) is 21.3. The Morgan fingerprint density at radius 3 is 2.29 bits per heavy atom. The largest absolute Gasteiger partial charge is 0.394 e. The van der Waals surface area contributed by atoms with Gasteiger partial charge in [-0.1, -0.05) is 45.4 Å². The third-order valence-electron chi connectivity index (χ3n) is 4.28. The molecule has 0 bridgehead atoms. The van der Waals surface area contributed by atoms with E-state index in [1.807, 2.05) is 0 Å². The molecule has 0 aromatic carbocycles. The van der Waals surface area contributed by atoms with Crippen LogP contribution in [0.4, 0.5) is 0 Å². The fourth-order valence-electron chi connectivity index (χ4n) is 2.87. The highest BCUT2D eigenvalue weighted by Gasteiger charge is 2.45. The third-order valence-corrected chi connectivity index (χ3v) is 4.28. The van der Waals surface area contributed by atoms with Crippen molar-refractivity contribution in [3.8, 4) is 0 Å². The van der Waals surface area contributed by atoms with Crippen LogP contribution >= 0.6 is 0 Å². The van der Waals surface area contributed by atoms with Gasteiger partial charge in [-0.25, -0.2) is 0 Å². The van der Waals surface area contributed by atoms with Crippen LogP contribution in [0.15, 0.2) is 0 Å². The van der Waals surface area contributed by atoms with E-state index < -0.39 is 37.3 Å². The average Bonchev–Trinajstić information content (AvgIpc) is 2.55. The lowest BCUT2D eigenvalue weighted by molar-refractivity contribution is -0.270. The molecule has 7 heteroatoms. The number of aliphatic hydroxyl groups excluding tert-OH is 3. The topological polar surface area (TPSA) is 108 Å². The Kier molecular flexibility index (Phi) is 10.4. The Balaban J connectivity index is 2.39. The van der Waals surface area contributed by atoms with Crippen molar-refractivity contribution < 1.29 is 29.6 Å². The molecule has 0 spiro atoms. The highest BCUT2D eigenvalue weighted by atomic mass is 16.7. The van der Waals surface area contributed by atoms with E-state index in [9.17, 15) is 20.1 Å². The third kappa shape index (κ3) is 7.03. The molecule has 0 aromatic rings. The number of carbonyl (C=O) groups is 1. The molecular formula is C17H33NO6. The van der Waals surface area contributed by atoms with Gasteiger partial charge in [-0.2, -0.15) is 0 Å². The standard InChI is InChI=1S/C17H33NO6/c1-3-4-5-6-7-8-9-10-23-17-14(18-12(2)20)16(22)15(21)13(11-19)24-17/h13-17,19,21-22H,3-11H2,1-2H3,(H,18,20)/t13?,14-,15?,16?,17-/m1/s1. The fraction of sp³-hybridized carbons (Fsp3) is 0.941. The van der Waals surface area contributed by atoms with Crippen molar-refractivity contribution in [3.05, 3.63) is 0 Å². The van der Waals surface area contributed by atoms with Crippen LogP contribution in [-0.2, 0) is 14.3 Å². The van der Waals surface area contributed by atoms with E-state index in [-0.39, 0.29) is 5.91 Å². The minimum Gasteiger partial charge on any atom is -0.394 e. The molecule has 24 heavy (non-hydrogen) atoms. The van der Waals surface area contributed by atoms with Crippen molar-refractivity contribution in [1.82, 2.24) is 5.32 Å². The Morgan fingerprint density at radius 1 is 1.08 bits per heavy atom. The Hall–Kier alpha value is -0.730. The SMILES string of the molecule is CCCCCCCCCO[C@@H]1OC(CO)C(O)C(O)[C@H]1NC(C)=O. The zero-order valence-electron chi connectivity index (χ0n) is 14.8. The fourth-order valence-corrected chi connectivity index (χ4v) is 2.87. The molecule has 5 atom stereocenters. The summed E-state index contributed by atoms with van der Waals surface area (Å²) >= 11 is 0.